The molecule has 3 aromatic carbocycles. The number of carbonyl (C=O) groups excluding carboxylic acids is 2. The number of rotatable bonds is 6. The maximum atomic E-state index is 12.8. The number of hydrogen-bond acceptors (Lipinski definition) is 2. The number of nitrogens with zero attached hydrogens (tertiary/aromatic N) is 1. The summed E-state index contributed by atoms with van der Waals surface area (Å²) in [6.07, 6.45) is 1.77. The molecule has 0 radical (unpaired) electrons. The molecule has 3 aromatic rings. The largest absolute Gasteiger partial charge is 0.352 e. The first kappa shape index (κ1) is 17.3. The number of anilines is 1. The molecule has 136 valence electrons. The van der Waals surface area contributed by atoms with Crippen LogP contribution in [-0.4, -0.2) is 24.4 Å². The van der Waals surface area contributed by atoms with Gasteiger partial charge in [0.1, 0.15) is 6.54 Å². The van der Waals surface area contributed by atoms with Crippen LogP contribution in [0, 0.1) is 0 Å². The maximum Gasteiger partial charge on any atom is 0.259 e. The minimum atomic E-state index is -0.131. The molecule has 0 saturated heterocycles. The molecule has 1 N–H and O–H groups in total. The molecular formula is C23H22N2O2. The van der Waals surface area contributed by atoms with Crippen molar-refractivity contribution in [2.45, 2.75) is 25.8 Å². The normalized spacial score (nSPS) is 13.8. The van der Waals surface area contributed by atoms with Gasteiger partial charge in [0.25, 0.3) is 5.91 Å². The summed E-state index contributed by atoms with van der Waals surface area (Å²) in [7, 11) is 0. The smallest absolute Gasteiger partial charge is 0.259 e. The van der Waals surface area contributed by atoms with Crippen LogP contribution < -0.4 is 10.2 Å². The van der Waals surface area contributed by atoms with Crippen molar-refractivity contribution in [3.8, 4) is 0 Å². The highest BCUT2D eigenvalue weighted by atomic mass is 16.2. The van der Waals surface area contributed by atoms with Gasteiger partial charge in [-0.2, -0.15) is 0 Å². The summed E-state index contributed by atoms with van der Waals surface area (Å²) in [5.74, 6) is -0.234. The average Bonchev–Trinajstić information content (AvgIpc) is 2.95. The Balaban J connectivity index is 1.40. The Bertz CT molecular complexity index is 992. The predicted octanol–water partition coefficient (Wildman–Crippen LogP) is 3.94. The van der Waals surface area contributed by atoms with Crippen LogP contribution in [0.2, 0.25) is 0 Å². The standard InChI is InChI=1S/C23H22N2O2/c1-16(13-14-17-7-3-2-4-8-17)24-21(26)15-25-20-12-6-10-18-9-5-11-19(22(18)20)23(25)27/h2-12,16H,13-15H2,1H3,(H,24,26)/t16-/m0/s1. The number of benzene rings is 3. The van der Waals surface area contributed by atoms with Crippen LogP contribution in [-0.2, 0) is 11.2 Å². The molecule has 0 fully saturated rings. The van der Waals surface area contributed by atoms with E-state index in [9.17, 15) is 9.59 Å². The Hall–Kier alpha value is -3.14. The minimum absolute atomic E-state index is 0.0440. The predicted molar refractivity (Wildman–Crippen MR) is 108 cm³/mol. The van der Waals surface area contributed by atoms with Crippen LogP contribution in [0.15, 0.2) is 66.7 Å². The summed E-state index contributed by atoms with van der Waals surface area (Å²) in [5, 5.41) is 4.99. The lowest BCUT2D eigenvalue weighted by atomic mass is 10.1. The van der Waals surface area contributed by atoms with Gasteiger partial charge in [-0.25, -0.2) is 0 Å². The van der Waals surface area contributed by atoms with E-state index in [1.807, 2.05) is 61.5 Å². The number of amides is 2. The SMILES string of the molecule is C[C@@H](CCc1ccccc1)NC(=O)CN1C(=O)c2cccc3cccc1c23. The van der Waals surface area contributed by atoms with Crippen LogP contribution in [0.5, 0.6) is 0 Å². The van der Waals surface area contributed by atoms with Crippen LogP contribution in [0.1, 0.15) is 29.3 Å². The van der Waals surface area contributed by atoms with Gasteiger partial charge in [-0.3, -0.25) is 14.5 Å². The van der Waals surface area contributed by atoms with E-state index in [-0.39, 0.29) is 24.4 Å². The van der Waals surface area contributed by atoms with Crippen molar-refractivity contribution in [3.05, 3.63) is 77.9 Å². The summed E-state index contributed by atoms with van der Waals surface area (Å²) in [6.45, 7) is 2.05. The summed E-state index contributed by atoms with van der Waals surface area (Å²) in [5.41, 5.74) is 2.75. The van der Waals surface area contributed by atoms with Crippen LogP contribution in [0.25, 0.3) is 10.8 Å². The first-order valence-corrected chi connectivity index (χ1v) is 9.30. The third-order valence-corrected chi connectivity index (χ3v) is 5.07. The molecule has 0 aromatic heterocycles. The second-order valence-corrected chi connectivity index (χ2v) is 7.06. The van der Waals surface area contributed by atoms with Crippen molar-refractivity contribution in [1.29, 1.82) is 0 Å². The lowest BCUT2D eigenvalue weighted by Crippen LogP contribution is -2.42. The molecule has 27 heavy (non-hydrogen) atoms. The van der Waals surface area contributed by atoms with Gasteiger partial charge in [0.15, 0.2) is 0 Å². The van der Waals surface area contributed by atoms with Crippen LogP contribution >= 0.6 is 0 Å². The zero-order valence-corrected chi connectivity index (χ0v) is 15.3. The topological polar surface area (TPSA) is 49.4 Å². The van der Waals surface area contributed by atoms with Gasteiger partial charge in [0.2, 0.25) is 5.91 Å². The molecule has 2 amide bonds. The fourth-order valence-electron chi connectivity index (χ4n) is 3.70. The van der Waals surface area contributed by atoms with Gasteiger partial charge in [0.05, 0.1) is 5.69 Å². The van der Waals surface area contributed by atoms with E-state index in [4.69, 9.17) is 0 Å². The van der Waals surface area contributed by atoms with E-state index < -0.39 is 0 Å². The molecular weight excluding hydrogens is 336 g/mol. The molecule has 4 rings (SSSR count). The lowest BCUT2D eigenvalue weighted by Gasteiger charge is -2.20. The highest BCUT2D eigenvalue weighted by Gasteiger charge is 2.30. The van der Waals surface area contributed by atoms with Crippen molar-refractivity contribution >= 4 is 28.3 Å². The number of hydrogen-bond donors (Lipinski definition) is 1. The van der Waals surface area contributed by atoms with Crippen LogP contribution in [0.3, 0.4) is 0 Å². The minimum Gasteiger partial charge on any atom is -0.352 e. The number of aryl methyl sites for hydroxylation is 1. The third kappa shape index (κ3) is 3.43. The maximum absolute atomic E-state index is 12.8. The van der Waals surface area contributed by atoms with Crippen molar-refractivity contribution < 1.29 is 9.59 Å². The molecule has 1 heterocycles. The quantitative estimate of drug-likeness (QED) is 0.726. The average molecular weight is 358 g/mol. The van der Waals surface area contributed by atoms with Crippen LogP contribution in [0.4, 0.5) is 5.69 Å². The van der Waals surface area contributed by atoms with Crippen molar-refractivity contribution in [2.24, 2.45) is 0 Å². The van der Waals surface area contributed by atoms with E-state index in [1.165, 1.54) is 5.56 Å². The Kier molecular flexibility index (Phi) is 4.63. The molecule has 1 atom stereocenters. The molecule has 0 saturated carbocycles. The molecule has 1 aliphatic rings. The van der Waals surface area contributed by atoms with E-state index in [0.29, 0.717) is 5.56 Å². The Morgan fingerprint density at radius 1 is 1.00 bits per heavy atom. The first-order valence-electron chi connectivity index (χ1n) is 9.30. The molecule has 0 unspecified atom stereocenters. The van der Waals surface area contributed by atoms with Gasteiger partial charge in [-0.05, 0) is 42.8 Å². The highest BCUT2D eigenvalue weighted by Crippen LogP contribution is 2.36. The van der Waals surface area contributed by atoms with Crippen molar-refractivity contribution in [2.75, 3.05) is 11.4 Å². The lowest BCUT2D eigenvalue weighted by molar-refractivity contribution is -0.120. The summed E-state index contributed by atoms with van der Waals surface area (Å²) >= 11 is 0. The molecule has 1 aliphatic heterocycles. The third-order valence-electron chi connectivity index (χ3n) is 5.07. The van der Waals surface area contributed by atoms with E-state index in [2.05, 4.69) is 17.4 Å². The fourth-order valence-corrected chi connectivity index (χ4v) is 3.70. The van der Waals surface area contributed by atoms with E-state index >= 15 is 0 Å². The second kappa shape index (κ2) is 7.23. The highest BCUT2D eigenvalue weighted by molar-refractivity contribution is 6.26. The zero-order chi connectivity index (χ0) is 18.8. The first-order chi connectivity index (χ1) is 13.1. The summed E-state index contributed by atoms with van der Waals surface area (Å²) < 4.78 is 0. The summed E-state index contributed by atoms with van der Waals surface area (Å²) in [6, 6.07) is 21.8. The molecule has 0 aliphatic carbocycles. The van der Waals surface area contributed by atoms with Gasteiger partial charge in [0, 0.05) is 17.0 Å². The molecule has 0 spiro atoms. The van der Waals surface area contributed by atoms with Crippen molar-refractivity contribution in [3.63, 3.8) is 0 Å². The molecule has 4 nitrogen and oxygen atoms in total. The number of nitrogens with one attached hydrogen (secondary N) is 1. The molecule has 4 heteroatoms. The van der Waals surface area contributed by atoms with Gasteiger partial charge >= 0.3 is 0 Å². The zero-order valence-electron chi connectivity index (χ0n) is 15.3. The Morgan fingerprint density at radius 3 is 2.52 bits per heavy atom. The van der Waals surface area contributed by atoms with Gasteiger partial charge in [-0.1, -0.05) is 54.6 Å². The van der Waals surface area contributed by atoms with Gasteiger partial charge in [-0.15, -0.1) is 0 Å². The Labute approximate surface area is 158 Å². The fraction of sp³-hybridized carbons (Fsp3) is 0.217. The van der Waals surface area contributed by atoms with E-state index in [0.717, 1.165) is 29.3 Å². The van der Waals surface area contributed by atoms with Gasteiger partial charge < -0.3 is 5.32 Å². The monoisotopic (exact) mass is 358 g/mol. The van der Waals surface area contributed by atoms with E-state index in [1.54, 1.807) is 4.90 Å². The summed E-state index contributed by atoms with van der Waals surface area (Å²) in [4.78, 5) is 26.9. The second-order valence-electron chi connectivity index (χ2n) is 7.06. The number of carbonyl (C=O) groups is 2. The van der Waals surface area contributed by atoms with Crippen molar-refractivity contribution in [1.82, 2.24) is 5.32 Å². The Morgan fingerprint density at radius 2 is 1.74 bits per heavy atom. The molecule has 0 bridgehead atoms.